The molecule has 0 fully saturated rings. The lowest BCUT2D eigenvalue weighted by atomic mass is 9.97. The standard InChI is InChI=1S/C17H23NO2/c1-6-17(3,4)18(5)16(20)15-12-14(8-7-11-19)10-9-13(15)2/h9-10,12,19H,6,11H2,1-5H3. The lowest BCUT2D eigenvalue weighted by Gasteiger charge is -2.35. The molecule has 20 heavy (non-hydrogen) atoms. The molecular weight excluding hydrogens is 250 g/mol. The van der Waals surface area contributed by atoms with Crippen LogP contribution in [0.5, 0.6) is 0 Å². The summed E-state index contributed by atoms with van der Waals surface area (Å²) < 4.78 is 0. The van der Waals surface area contributed by atoms with Gasteiger partial charge in [0.2, 0.25) is 0 Å². The second-order valence-electron chi connectivity index (χ2n) is 5.52. The van der Waals surface area contributed by atoms with Crippen molar-refractivity contribution in [2.75, 3.05) is 13.7 Å². The summed E-state index contributed by atoms with van der Waals surface area (Å²) >= 11 is 0. The van der Waals surface area contributed by atoms with Gasteiger partial charge in [0.25, 0.3) is 5.91 Å². The van der Waals surface area contributed by atoms with E-state index in [0.29, 0.717) is 5.56 Å². The fourth-order valence-corrected chi connectivity index (χ4v) is 1.76. The summed E-state index contributed by atoms with van der Waals surface area (Å²) in [7, 11) is 1.83. The molecule has 3 nitrogen and oxygen atoms in total. The van der Waals surface area contributed by atoms with E-state index in [4.69, 9.17) is 5.11 Å². The normalized spacial score (nSPS) is 10.7. The first-order valence-corrected chi connectivity index (χ1v) is 6.82. The Morgan fingerprint density at radius 3 is 2.60 bits per heavy atom. The Morgan fingerprint density at radius 1 is 1.40 bits per heavy atom. The predicted molar refractivity (Wildman–Crippen MR) is 81.6 cm³/mol. The van der Waals surface area contributed by atoms with Crippen molar-refractivity contribution in [1.29, 1.82) is 0 Å². The zero-order valence-corrected chi connectivity index (χ0v) is 12.9. The van der Waals surface area contributed by atoms with Crippen LogP contribution in [-0.4, -0.2) is 35.1 Å². The van der Waals surface area contributed by atoms with Gasteiger partial charge in [0, 0.05) is 23.7 Å². The largest absolute Gasteiger partial charge is 0.384 e. The fraction of sp³-hybridized carbons (Fsp3) is 0.471. The van der Waals surface area contributed by atoms with Crippen LogP contribution in [0.4, 0.5) is 0 Å². The van der Waals surface area contributed by atoms with E-state index in [1.807, 2.05) is 26.1 Å². The highest BCUT2D eigenvalue weighted by Gasteiger charge is 2.27. The lowest BCUT2D eigenvalue weighted by Crippen LogP contribution is -2.44. The number of amides is 1. The molecule has 1 N–H and O–H groups in total. The van der Waals surface area contributed by atoms with Gasteiger partial charge in [-0.05, 0) is 44.9 Å². The van der Waals surface area contributed by atoms with Crippen molar-refractivity contribution < 1.29 is 9.90 Å². The average Bonchev–Trinajstić information content (AvgIpc) is 2.44. The molecule has 0 aliphatic carbocycles. The predicted octanol–water partition coefficient (Wildman–Crippen LogP) is 2.60. The molecule has 108 valence electrons. The van der Waals surface area contributed by atoms with Gasteiger partial charge >= 0.3 is 0 Å². The third-order valence-electron chi connectivity index (χ3n) is 3.86. The number of carbonyl (C=O) groups is 1. The van der Waals surface area contributed by atoms with E-state index >= 15 is 0 Å². The maximum Gasteiger partial charge on any atom is 0.254 e. The second kappa shape index (κ2) is 6.58. The SMILES string of the molecule is CCC(C)(C)N(C)C(=O)c1cc(C#CCO)ccc1C. The molecule has 0 aliphatic heterocycles. The van der Waals surface area contributed by atoms with E-state index in [0.717, 1.165) is 17.5 Å². The molecule has 0 radical (unpaired) electrons. The van der Waals surface area contributed by atoms with Gasteiger partial charge < -0.3 is 10.0 Å². The molecular formula is C17H23NO2. The molecule has 1 amide bonds. The topological polar surface area (TPSA) is 40.5 Å². The number of aliphatic hydroxyl groups excluding tert-OH is 1. The molecule has 3 heteroatoms. The van der Waals surface area contributed by atoms with Crippen molar-refractivity contribution in [2.24, 2.45) is 0 Å². The molecule has 0 saturated heterocycles. The molecule has 0 atom stereocenters. The smallest absolute Gasteiger partial charge is 0.254 e. The van der Waals surface area contributed by atoms with Crippen LogP contribution in [0, 0.1) is 18.8 Å². The zero-order valence-electron chi connectivity index (χ0n) is 12.9. The van der Waals surface area contributed by atoms with Crippen LogP contribution < -0.4 is 0 Å². The Hall–Kier alpha value is -1.79. The van der Waals surface area contributed by atoms with Gasteiger partial charge in [-0.25, -0.2) is 0 Å². The van der Waals surface area contributed by atoms with E-state index in [1.165, 1.54) is 0 Å². The lowest BCUT2D eigenvalue weighted by molar-refractivity contribution is 0.0619. The second-order valence-corrected chi connectivity index (χ2v) is 5.52. The van der Waals surface area contributed by atoms with E-state index < -0.39 is 0 Å². The Balaban J connectivity index is 3.15. The van der Waals surface area contributed by atoms with Crippen LogP contribution in [0.15, 0.2) is 18.2 Å². The van der Waals surface area contributed by atoms with E-state index in [-0.39, 0.29) is 18.1 Å². The van der Waals surface area contributed by atoms with Crippen LogP contribution in [0.2, 0.25) is 0 Å². The first kappa shape index (κ1) is 16.3. The van der Waals surface area contributed by atoms with Gasteiger partial charge in [0.15, 0.2) is 0 Å². The molecule has 0 aromatic heterocycles. The van der Waals surface area contributed by atoms with Gasteiger partial charge in [-0.15, -0.1) is 0 Å². The van der Waals surface area contributed by atoms with Gasteiger partial charge in [-0.2, -0.15) is 0 Å². The molecule has 0 unspecified atom stereocenters. The van der Waals surface area contributed by atoms with E-state index in [2.05, 4.69) is 32.6 Å². The first-order valence-electron chi connectivity index (χ1n) is 6.82. The monoisotopic (exact) mass is 273 g/mol. The minimum atomic E-state index is -0.184. The average molecular weight is 273 g/mol. The van der Waals surface area contributed by atoms with Crippen LogP contribution >= 0.6 is 0 Å². The first-order chi connectivity index (χ1) is 9.33. The van der Waals surface area contributed by atoms with Crippen molar-refractivity contribution >= 4 is 5.91 Å². The Kier molecular flexibility index (Phi) is 5.35. The number of hydrogen-bond donors (Lipinski definition) is 1. The summed E-state index contributed by atoms with van der Waals surface area (Å²) in [4.78, 5) is 14.4. The Labute approximate surface area is 121 Å². The fourth-order valence-electron chi connectivity index (χ4n) is 1.76. The summed E-state index contributed by atoms with van der Waals surface area (Å²) in [5.74, 6) is 5.44. The number of aliphatic hydroxyl groups is 1. The van der Waals surface area contributed by atoms with Crippen LogP contribution in [0.25, 0.3) is 0 Å². The summed E-state index contributed by atoms with van der Waals surface area (Å²) in [6, 6.07) is 5.55. The Morgan fingerprint density at radius 2 is 2.05 bits per heavy atom. The third kappa shape index (κ3) is 3.61. The highest BCUT2D eigenvalue weighted by atomic mass is 16.2. The minimum Gasteiger partial charge on any atom is -0.384 e. The molecule has 1 rings (SSSR count). The molecule has 0 aliphatic rings. The summed E-state index contributed by atoms with van der Waals surface area (Å²) in [6.45, 7) is 7.91. The van der Waals surface area contributed by atoms with Gasteiger partial charge in [0.1, 0.15) is 6.61 Å². The molecule has 1 aromatic carbocycles. The summed E-state index contributed by atoms with van der Waals surface area (Å²) in [5.41, 5.74) is 2.16. The number of rotatable bonds is 3. The molecule has 0 bridgehead atoms. The van der Waals surface area contributed by atoms with Gasteiger partial charge in [-0.1, -0.05) is 24.8 Å². The number of hydrogen-bond acceptors (Lipinski definition) is 2. The van der Waals surface area contributed by atoms with Crippen LogP contribution in [0.3, 0.4) is 0 Å². The van der Waals surface area contributed by atoms with Gasteiger partial charge in [-0.3, -0.25) is 4.79 Å². The van der Waals surface area contributed by atoms with Crippen LogP contribution in [0.1, 0.15) is 48.7 Å². The van der Waals surface area contributed by atoms with Crippen molar-refractivity contribution in [1.82, 2.24) is 4.90 Å². The minimum absolute atomic E-state index is 0.00185. The maximum absolute atomic E-state index is 12.6. The van der Waals surface area contributed by atoms with E-state index in [9.17, 15) is 4.79 Å². The highest BCUT2D eigenvalue weighted by molar-refractivity contribution is 5.96. The summed E-state index contributed by atoms with van der Waals surface area (Å²) in [6.07, 6.45) is 0.887. The highest BCUT2D eigenvalue weighted by Crippen LogP contribution is 2.21. The maximum atomic E-state index is 12.6. The van der Waals surface area contributed by atoms with Crippen molar-refractivity contribution in [3.63, 3.8) is 0 Å². The number of carbonyl (C=O) groups excluding carboxylic acids is 1. The Bertz CT molecular complexity index is 550. The summed E-state index contributed by atoms with van der Waals surface area (Å²) in [5, 5.41) is 8.74. The number of benzene rings is 1. The molecule has 0 saturated carbocycles. The number of aryl methyl sites for hydroxylation is 1. The molecule has 0 spiro atoms. The zero-order chi connectivity index (χ0) is 15.3. The molecule has 0 heterocycles. The van der Waals surface area contributed by atoms with Crippen molar-refractivity contribution in [3.05, 3.63) is 34.9 Å². The number of nitrogens with zero attached hydrogens (tertiary/aromatic N) is 1. The van der Waals surface area contributed by atoms with Crippen molar-refractivity contribution in [2.45, 2.75) is 39.7 Å². The van der Waals surface area contributed by atoms with Crippen LogP contribution in [-0.2, 0) is 0 Å². The quantitative estimate of drug-likeness (QED) is 0.860. The van der Waals surface area contributed by atoms with E-state index in [1.54, 1.807) is 11.0 Å². The molecule has 1 aromatic rings. The van der Waals surface area contributed by atoms with Gasteiger partial charge in [0.05, 0.1) is 0 Å². The van der Waals surface area contributed by atoms with Crippen molar-refractivity contribution in [3.8, 4) is 11.8 Å². The third-order valence-corrected chi connectivity index (χ3v) is 3.86.